The van der Waals surface area contributed by atoms with E-state index in [1.807, 2.05) is 0 Å². The van der Waals surface area contributed by atoms with Crippen molar-refractivity contribution in [1.29, 1.82) is 0 Å². The van der Waals surface area contributed by atoms with Crippen molar-refractivity contribution in [1.82, 2.24) is 5.32 Å². The van der Waals surface area contributed by atoms with Gasteiger partial charge in [-0.15, -0.1) is 0 Å². The number of nitrogens with one attached hydrogen (secondary N) is 1. The van der Waals surface area contributed by atoms with E-state index in [-0.39, 0.29) is 28.4 Å². The maximum absolute atomic E-state index is 13.3. The molecule has 0 aliphatic heterocycles. The molecule has 6 nitrogen and oxygen atoms in total. The normalized spacial score (nSPS) is 31.3. The van der Waals surface area contributed by atoms with Gasteiger partial charge in [-0.2, -0.15) is 0 Å². The molecule has 4 aliphatic rings. The lowest BCUT2D eigenvalue weighted by atomic mass is 9.49. The molecule has 1 aromatic rings. The number of esters is 1. The lowest BCUT2D eigenvalue weighted by molar-refractivity contribution is -0.152. The van der Waals surface area contributed by atoms with Gasteiger partial charge < -0.3 is 10.1 Å². The molecule has 4 saturated carbocycles. The molecule has 0 heterocycles. The Balaban J connectivity index is 1.45. The smallest absolute Gasteiger partial charge is 0.328 e. The number of methoxy groups -OCH3 is 1. The highest BCUT2D eigenvalue weighted by Crippen LogP contribution is 2.60. The Morgan fingerprint density at radius 1 is 1.07 bits per heavy atom. The number of amides is 1. The van der Waals surface area contributed by atoms with Crippen LogP contribution in [0.5, 0.6) is 0 Å². The van der Waals surface area contributed by atoms with Crippen molar-refractivity contribution < 1.29 is 22.7 Å². The van der Waals surface area contributed by atoms with E-state index in [1.165, 1.54) is 38.5 Å². The average Bonchev–Trinajstić information content (AvgIpc) is 2.70. The fraction of sp³-hybridized carbons (Fsp3) is 0.636. The number of ether oxygens (including phenoxy) is 1. The summed E-state index contributed by atoms with van der Waals surface area (Å²) in [4.78, 5) is 25.8. The van der Waals surface area contributed by atoms with Crippen molar-refractivity contribution >= 4 is 21.7 Å². The highest BCUT2D eigenvalue weighted by atomic mass is 32.2. The summed E-state index contributed by atoms with van der Waals surface area (Å²) in [6.07, 6.45) is 6.35. The lowest BCUT2D eigenvalue weighted by Gasteiger charge is -2.55. The minimum absolute atomic E-state index is 0.00199. The zero-order chi connectivity index (χ0) is 20.6. The number of benzene rings is 1. The summed E-state index contributed by atoms with van der Waals surface area (Å²) in [6.45, 7) is 0. The molecule has 29 heavy (non-hydrogen) atoms. The summed E-state index contributed by atoms with van der Waals surface area (Å²) in [6, 6.07) is 7.22. The zero-order valence-corrected chi connectivity index (χ0v) is 17.6. The van der Waals surface area contributed by atoms with E-state index < -0.39 is 21.8 Å². The van der Waals surface area contributed by atoms with Gasteiger partial charge in [-0.1, -0.05) is 18.2 Å². The monoisotopic (exact) mass is 419 g/mol. The van der Waals surface area contributed by atoms with Crippen molar-refractivity contribution in [3.8, 4) is 0 Å². The van der Waals surface area contributed by atoms with E-state index in [9.17, 15) is 18.0 Å². The van der Waals surface area contributed by atoms with Crippen LogP contribution in [0.25, 0.3) is 0 Å². The molecular weight excluding hydrogens is 390 g/mol. The van der Waals surface area contributed by atoms with Crippen LogP contribution in [0.2, 0.25) is 0 Å². The van der Waals surface area contributed by atoms with Crippen LogP contribution in [0, 0.1) is 23.2 Å². The number of sulfone groups is 1. The molecule has 0 aromatic heterocycles. The highest BCUT2D eigenvalue weighted by Gasteiger charge is 2.55. The number of carbonyl (C=O) groups is 2. The minimum Gasteiger partial charge on any atom is -0.467 e. The largest absolute Gasteiger partial charge is 0.467 e. The molecule has 158 valence electrons. The van der Waals surface area contributed by atoms with E-state index in [4.69, 9.17) is 4.74 Å². The van der Waals surface area contributed by atoms with Gasteiger partial charge in [0.2, 0.25) is 5.91 Å². The first-order valence-electron chi connectivity index (χ1n) is 10.5. The van der Waals surface area contributed by atoms with E-state index >= 15 is 0 Å². The number of hydrogen-bond acceptors (Lipinski definition) is 5. The van der Waals surface area contributed by atoms with Crippen LogP contribution in [0.3, 0.4) is 0 Å². The Labute approximate surface area is 172 Å². The second kappa shape index (κ2) is 7.74. The number of rotatable bonds is 7. The molecule has 4 bridgehead atoms. The van der Waals surface area contributed by atoms with Crippen LogP contribution in [0.1, 0.15) is 44.9 Å². The van der Waals surface area contributed by atoms with Gasteiger partial charge >= 0.3 is 5.97 Å². The third-order valence-corrected chi connectivity index (χ3v) is 8.85. The minimum atomic E-state index is -3.54. The summed E-state index contributed by atoms with van der Waals surface area (Å²) >= 11 is 0. The van der Waals surface area contributed by atoms with Crippen molar-refractivity contribution in [3.05, 3.63) is 30.3 Å². The van der Waals surface area contributed by atoms with Gasteiger partial charge in [0.1, 0.15) is 6.04 Å². The molecule has 5 rings (SSSR count). The van der Waals surface area contributed by atoms with Gasteiger partial charge in [-0.05, 0) is 74.8 Å². The highest BCUT2D eigenvalue weighted by molar-refractivity contribution is 7.91. The third-order valence-electron chi connectivity index (χ3n) is 7.09. The summed E-state index contributed by atoms with van der Waals surface area (Å²) < 4.78 is 30.0. The van der Waals surface area contributed by atoms with Crippen LogP contribution in [0.4, 0.5) is 0 Å². The first-order chi connectivity index (χ1) is 13.8. The van der Waals surface area contributed by atoms with E-state index in [1.54, 1.807) is 18.2 Å². The molecule has 0 saturated heterocycles. The topological polar surface area (TPSA) is 89.5 Å². The second-order valence-corrected chi connectivity index (χ2v) is 11.3. The first-order valence-corrected chi connectivity index (χ1v) is 12.1. The van der Waals surface area contributed by atoms with Crippen LogP contribution < -0.4 is 5.32 Å². The summed E-state index contributed by atoms with van der Waals surface area (Å²) in [5, 5.41) is 2.87. The predicted molar refractivity (Wildman–Crippen MR) is 108 cm³/mol. The first kappa shape index (κ1) is 20.4. The molecule has 0 unspecified atom stereocenters. The molecule has 1 N–H and O–H groups in total. The van der Waals surface area contributed by atoms with E-state index in [2.05, 4.69) is 5.32 Å². The fourth-order valence-corrected chi connectivity index (χ4v) is 7.46. The van der Waals surface area contributed by atoms with Crippen LogP contribution in [0.15, 0.2) is 35.2 Å². The van der Waals surface area contributed by atoms with Crippen LogP contribution in [-0.2, 0) is 24.2 Å². The molecule has 0 radical (unpaired) electrons. The Hall–Kier alpha value is -1.89. The maximum atomic E-state index is 13.3. The Bertz CT molecular complexity index is 844. The van der Waals surface area contributed by atoms with Crippen molar-refractivity contribution in [2.45, 2.75) is 55.9 Å². The zero-order valence-electron chi connectivity index (χ0n) is 16.8. The van der Waals surface area contributed by atoms with Crippen molar-refractivity contribution in [2.75, 3.05) is 12.9 Å². The van der Waals surface area contributed by atoms with Gasteiger partial charge in [0.05, 0.1) is 17.8 Å². The maximum Gasteiger partial charge on any atom is 0.328 e. The van der Waals surface area contributed by atoms with Crippen LogP contribution in [-0.4, -0.2) is 39.2 Å². The summed E-state index contributed by atoms with van der Waals surface area (Å²) in [7, 11) is -2.28. The Morgan fingerprint density at radius 2 is 1.62 bits per heavy atom. The predicted octanol–water partition coefficient (Wildman–Crippen LogP) is 2.72. The number of carbonyl (C=O) groups excluding carboxylic acids is 2. The third kappa shape index (κ3) is 4.06. The van der Waals surface area contributed by atoms with Crippen molar-refractivity contribution in [3.63, 3.8) is 0 Å². The molecular formula is C22H29NO5S. The van der Waals surface area contributed by atoms with Gasteiger partial charge in [0.15, 0.2) is 9.84 Å². The Kier molecular flexibility index (Phi) is 5.44. The van der Waals surface area contributed by atoms with Gasteiger partial charge in [-0.3, -0.25) is 4.79 Å². The van der Waals surface area contributed by atoms with Gasteiger partial charge in [0.25, 0.3) is 0 Å². The van der Waals surface area contributed by atoms with Gasteiger partial charge in [-0.25, -0.2) is 13.2 Å². The van der Waals surface area contributed by atoms with Gasteiger partial charge in [0, 0.05) is 5.41 Å². The molecule has 1 amide bonds. The molecule has 1 atom stereocenters. The molecule has 7 heteroatoms. The van der Waals surface area contributed by atoms with E-state index in [0.717, 1.165) is 19.3 Å². The quantitative estimate of drug-likeness (QED) is 0.687. The summed E-state index contributed by atoms with van der Waals surface area (Å²) in [5.74, 6) is 0.930. The molecule has 0 spiro atoms. The molecule has 4 aliphatic carbocycles. The lowest BCUT2D eigenvalue weighted by Crippen LogP contribution is -2.56. The van der Waals surface area contributed by atoms with Crippen LogP contribution >= 0.6 is 0 Å². The Morgan fingerprint density at radius 3 is 2.14 bits per heavy atom. The number of hydrogen-bond donors (Lipinski definition) is 1. The SMILES string of the molecule is COC(=O)[C@@H](CCS(=O)(=O)c1ccccc1)NC(=O)C12CC3CC(CC(C3)C1)C2. The molecule has 1 aromatic carbocycles. The second-order valence-electron chi connectivity index (χ2n) is 9.17. The summed E-state index contributed by atoms with van der Waals surface area (Å²) in [5.41, 5.74) is -0.390. The van der Waals surface area contributed by atoms with E-state index in [0.29, 0.717) is 17.8 Å². The fourth-order valence-electron chi connectivity index (χ4n) is 6.11. The van der Waals surface area contributed by atoms with Crippen molar-refractivity contribution in [2.24, 2.45) is 23.2 Å². The molecule has 4 fully saturated rings. The standard InChI is InChI=1S/C22H29NO5S/c1-28-20(24)19(7-8-29(26,27)18-5-3-2-4-6-18)23-21(25)22-12-15-9-16(13-22)11-17(10-15)14-22/h2-6,15-17,19H,7-14H2,1H3,(H,23,25)/t15?,16?,17?,19-,22?/m1/s1. The average molecular weight is 420 g/mol.